The third-order valence-corrected chi connectivity index (χ3v) is 4.74. The van der Waals surface area contributed by atoms with Crippen LogP contribution in [0.4, 0.5) is 4.39 Å². The standard InChI is InChI=1S/C17H24FNO2S/c18-14-7-9-16(10-8-14)22-13-17(20)19-11-4-12-21-15-5-2-1-3-6-15/h7-10,15H,1-6,11-13H2,(H,19,20). The predicted molar refractivity (Wildman–Crippen MR) is 87.6 cm³/mol. The van der Waals surface area contributed by atoms with Crippen molar-refractivity contribution in [3.63, 3.8) is 0 Å². The quantitative estimate of drug-likeness (QED) is 0.584. The number of nitrogens with one attached hydrogen (secondary N) is 1. The lowest BCUT2D eigenvalue weighted by atomic mass is 9.98. The number of hydrogen-bond donors (Lipinski definition) is 1. The molecule has 5 heteroatoms. The Morgan fingerprint density at radius 3 is 2.68 bits per heavy atom. The van der Waals surface area contributed by atoms with Crippen LogP contribution >= 0.6 is 11.8 Å². The van der Waals surface area contributed by atoms with Crippen LogP contribution in [0.15, 0.2) is 29.2 Å². The fourth-order valence-corrected chi connectivity index (χ4v) is 3.24. The molecular formula is C17H24FNO2S. The molecule has 0 atom stereocenters. The third-order valence-electron chi connectivity index (χ3n) is 3.73. The van der Waals surface area contributed by atoms with Gasteiger partial charge < -0.3 is 10.1 Å². The summed E-state index contributed by atoms with van der Waals surface area (Å²) in [5.41, 5.74) is 0. The molecule has 0 aromatic heterocycles. The van der Waals surface area contributed by atoms with Crippen LogP contribution in [-0.4, -0.2) is 30.9 Å². The van der Waals surface area contributed by atoms with Gasteiger partial charge in [-0.25, -0.2) is 4.39 Å². The second-order valence-electron chi connectivity index (χ2n) is 5.58. The number of carbonyl (C=O) groups is 1. The second kappa shape index (κ2) is 9.85. The summed E-state index contributed by atoms with van der Waals surface area (Å²) >= 11 is 1.41. The number of carbonyl (C=O) groups excluding carboxylic acids is 1. The molecule has 0 aliphatic heterocycles. The lowest BCUT2D eigenvalue weighted by molar-refractivity contribution is -0.118. The fraction of sp³-hybridized carbons (Fsp3) is 0.588. The number of ether oxygens (including phenoxy) is 1. The van der Waals surface area contributed by atoms with Gasteiger partial charge in [-0.15, -0.1) is 11.8 Å². The van der Waals surface area contributed by atoms with E-state index in [4.69, 9.17) is 4.74 Å². The topological polar surface area (TPSA) is 38.3 Å². The predicted octanol–water partition coefficient (Wildman–Crippen LogP) is 3.77. The lowest BCUT2D eigenvalue weighted by Gasteiger charge is -2.21. The van der Waals surface area contributed by atoms with Crippen LogP contribution in [-0.2, 0) is 9.53 Å². The molecule has 2 rings (SSSR count). The largest absolute Gasteiger partial charge is 0.378 e. The first-order valence-corrected chi connectivity index (χ1v) is 8.99. The first kappa shape index (κ1) is 17.3. The first-order chi connectivity index (χ1) is 10.7. The van der Waals surface area contributed by atoms with Crippen molar-refractivity contribution in [2.45, 2.75) is 49.5 Å². The maximum Gasteiger partial charge on any atom is 0.230 e. The van der Waals surface area contributed by atoms with E-state index in [1.54, 1.807) is 12.1 Å². The summed E-state index contributed by atoms with van der Waals surface area (Å²) in [6.07, 6.45) is 7.54. The van der Waals surface area contributed by atoms with Gasteiger partial charge in [-0.2, -0.15) is 0 Å². The summed E-state index contributed by atoms with van der Waals surface area (Å²) in [5.74, 6) is 0.105. The van der Waals surface area contributed by atoms with Crippen LogP contribution < -0.4 is 5.32 Å². The number of thioether (sulfide) groups is 1. The molecule has 0 unspecified atom stereocenters. The van der Waals surface area contributed by atoms with Crippen molar-refractivity contribution >= 4 is 17.7 Å². The maximum atomic E-state index is 12.8. The molecule has 1 saturated carbocycles. The Morgan fingerprint density at radius 2 is 1.95 bits per heavy atom. The molecule has 0 saturated heterocycles. The Balaban J connectivity index is 1.49. The lowest BCUT2D eigenvalue weighted by Crippen LogP contribution is -2.27. The van der Waals surface area contributed by atoms with E-state index in [2.05, 4.69) is 5.32 Å². The van der Waals surface area contributed by atoms with E-state index in [1.807, 2.05) is 0 Å². The molecule has 0 spiro atoms. The zero-order valence-corrected chi connectivity index (χ0v) is 13.7. The van der Waals surface area contributed by atoms with Crippen molar-refractivity contribution in [3.8, 4) is 0 Å². The number of rotatable bonds is 8. The SMILES string of the molecule is O=C(CSc1ccc(F)cc1)NCCCOC1CCCCC1. The van der Waals surface area contributed by atoms with E-state index < -0.39 is 0 Å². The molecule has 1 aromatic rings. The van der Waals surface area contributed by atoms with Crippen molar-refractivity contribution in [1.29, 1.82) is 0 Å². The molecule has 1 amide bonds. The van der Waals surface area contributed by atoms with Crippen molar-refractivity contribution in [3.05, 3.63) is 30.1 Å². The molecule has 0 radical (unpaired) electrons. The monoisotopic (exact) mass is 325 g/mol. The number of amides is 1. The summed E-state index contributed by atoms with van der Waals surface area (Å²) in [4.78, 5) is 12.6. The second-order valence-corrected chi connectivity index (χ2v) is 6.63. The molecule has 0 heterocycles. The average molecular weight is 325 g/mol. The molecule has 1 N–H and O–H groups in total. The van der Waals surface area contributed by atoms with Gasteiger partial charge in [-0.3, -0.25) is 4.79 Å². The van der Waals surface area contributed by atoms with Gasteiger partial charge in [-0.05, 0) is 43.5 Å². The highest BCUT2D eigenvalue weighted by Gasteiger charge is 2.13. The molecule has 1 aliphatic carbocycles. The maximum absolute atomic E-state index is 12.8. The Bertz CT molecular complexity index is 446. The highest BCUT2D eigenvalue weighted by molar-refractivity contribution is 8.00. The van der Waals surface area contributed by atoms with Gasteiger partial charge in [0.05, 0.1) is 11.9 Å². The Morgan fingerprint density at radius 1 is 1.23 bits per heavy atom. The summed E-state index contributed by atoms with van der Waals surface area (Å²) in [5, 5.41) is 2.89. The normalized spacial score (nSPS) is 15.7. The zero-order chi connectivity index (χ0) is 15.6. The highest BCUT2D eigenvalue weighted by atomic mass is 32.2. The molecule has 1 aliphatic rings. The van der Waals surface area contributed by atoms with Crippen LogP contribution in [0, 0.1) is 5.82 Å². The number of hydrogen-bond acceptors (Lipinski definition) is 3. The van der Waals surface area contributed by atoms with Crippen molar-refractivity contribution < 1.29 is 13.9 Å². The molecule has 22 heavy (non-hydrogen) atoms. The summed E-state index contributed by atoms with van der Waals surface area (Å²) in [6, 6.07) is 6.18. The smallest absolute Gasteiger partial charge is 0.230 e. The van der Waals surface area contributed by atoms with E-state index >= 15 is 0 Å². The van der Waals surface area contributed by atoms with Crippen LogP contribution in [0.3, 0.4) is 0 Å². The van der Waals surface area contributed by atoms with Crippen molar-refractivity contribution in [2.75, 3.05) is 18.9 Å². The summed E-state index contributed by atoms with van der Waals surface area (Å²) in [7, 11) is 0. The van der Waals surface area contributed by atoms with Gasteiger partial charge in [0.15, 0.2) is 0 Å². The van der Waals surface area contributed by atoms with Gasteiger partial charge >= 0.3 is 0 Å². The molecule has 1 fully saturated rings. The van der Waals surface area contributed by atoms with Gasteiger partial charge in [-0.1, -0.05) is 19.3 Å². The molecule has 1 aromatic carbocycles. The zero-order valence-electron chi connectivity index (χ0n) is 12.9. The number of halogens is 1. The summed E-state index contributed by atoms with van der Waals surface area (Å²) < 4.78 is 18.6. The minimum absolute atomic E-state index is 0.00647. The van der Waals surface area contributed by atoms with Crippen LogP contribution in [0.25, 0.3) is 0 Å². The first-order valence-electron chi connectivity index (χ1n) is 8.01. The molecular weight excluding hydrogens is 301 g/mol. The Hall–Kier alpha value is -1.07. The number of benzene rings is 1. The minimum Gasteiger partial charge on any atom is -0.378 e. The van der Waals surface area contributed by atoms with E-state index in [9.17, 15) is 9.18 Å². The van der Waals surface area contributed by atoms with Crippen molar-refractivity contribution in [2.24, 2.45) is 0 Å². The van der Waals surface area contributed by atoms with Gasteiger partial charge in [0, 0.05) is 18.0 Å². The Labute approximate surface area is 136 Å². The van der Waals surface area contributed by atoms with Crippen LogP contribution in [0.5, 0.6) is 0 Å². The van der Waals surface area contributed by atoms with E-state index in [0.29, 0.717) is 18.4 Å². The molecule has 122 valence electrons. The van der Waals surface area contributed by atoms with E-state index in [0.717, 1.165) is 17.9 Å². The third kappa shape index (κ3) is 6.79. The Kier molecular flexibility index (Phi) is 7.74. The fourth-order valence-electron chi connectivity index (χ4n) is 2.51. The van der Waals surface area contributed by atoms with E-state index in [-0.39, 0.29) is 11.7 Å². The minimum atomic E-state index is -0.258. The average Bonchev–Trinajstić information content (AvgIpc) is 2.55. The van der Waals surface area contributed by atoms with Crippen LogP contribution in [0.1, 0.15) is 38.5 Å². The molecule has 3 nitrogen and oxygen atoms in total. The van der Waals surface area contributed by atoms with Gasteiger partial charge in [0.2, 0.25) is 5.91 Å². The van der Waals surface area contributed by atoms with Crippen molar-refractivity contribution in [1.82, 2.24) is 5.32 Å². The highest BCUT2D eigenvalue weighted by Crippen LogP contribution is 2.20. The van der Waals surface area contributed by atoms with Gasteiger partial charge in [0.1, 0.15) is 5.82 Å². The van der Waals surface area contributed by atoms with Crippen LogP contribution in [0.2, 0.25) is 0 Å². The van der Waals surface area contributed by atoms with E-state index in [1.165, 1.54) is 56.0 Å². The van der Waals surface area contributed by atoms with Gasteiger partial charge in [0.25, 0.3) is 0 Å². The molecule has 0 bridgehead atoms. The summed E-state index contributed by atoms with van der Waals surface area (Å²) in [6.45, 7) is 1.37.